The molecule has 29 heavy (non-hydrogen) atoms. The van der Waals surface area contributed by atoms with Gasteiger partial charge in [-0.2, -0.15) is 0 Å². The van der Waals surface area contributed by atoms with Gasteiger partial charge in [0.25, 0.3) is 5.91 Å². The van der Waals surface area contributed by atoms with Crippen LogP contribution in [0.2, 0.25) is 0 Å². The van der Waals surface area contributed by atoms with E-state index in [2.05, 4.69) is 13.8 Å². The van der Waals surface area contributed by atoms with Crippen LogP contribution in [0.25, 0.3) is 0 Å². The van der Waals surface area contributed by atoms with Crippen molar-refractivity contribution in [1.29, 1.82) is 0 Å². The third kappa shape index (κ3) is 6.98. The Morgan fingerprint density at radius 2 is 1.76 bits per heavy atom. The summed E-state index contributed by atoms with van der Waals surface area (Å²) in [5, 5.41) is 9.03. The summed E-state index contributed by atoms with van der Waals surface area (Å²) in [6.45, 7) is 5.40. The molecule has 0 radical (unpaired) electrons. The molecule has 1 saturated heterocycles. The Hall–Kier alpha value is -2.73. The van der Waals surface area contributed by atoms with Gasteiger partial charge in [-0.05, 0) is 29.8 Å². The van der Waals surface area contributed by atoms with Crippen molar-refractivity contribution in [3.63, 3.8) is 0 Å². The first kappa shape index (κ1) is 22.6. The molecule has 1 N–H and O–H groups in total. The highest BCUT2D eigenvalue weighted by molar-refractivity contribution is 5.78. The number of carbonyl (C=O) groups is 1. The number of para-hydroxylation sites is 2. The number of rotatable bonds is 7. The van der Waals surface area contributed by atoms with Crippen molar-refractivity contribution in [2.45, 2.75) is 39.4 Å². The van der Waals surface area contributed by atoms with Crippen LogP contribution in [0.3, 0.4) is 0 Å². The molecule has 6 heteroatoms. The fraction of sp³-hybridized carbons (Fsp3) is 0.435. The normalized spacial score (nSPS) is 15.3. The summed E-state index contributed by atoms with van der Waals surface area (Å²) in [5.74, 6) is 1.92. The molecule has 1 atom stereocenters. The molecule has 1 aliphatic rings. The predicted octanol–water partition coefficient (Wildman–Crippen LogP) is 3.66. The Bertz CT molecular complexity index is 747. The Morgan fingerprint density at radius 1 is 1.10 bits per heavy atom. The summed E-state index contributed by atoms with van der Waals surface area (Å²) < 4.78 is 16.8. The first-order chi connectivity index (χ1) is 14.1. The van der Waals surface area contributed by atoms with E-state index in [4.69, 9.17) is 19.3 Å². The van der Waals surface area contributed by atoms with Gasteiger partial charge in [0, 0.05) is 13.0 Å². The molecule has 2 aromatic rings. The van der Waals surface area contributed by atoms with Crippen molar-refractivity contribution in [2.24, 2.45) is 0 Å². The van der Waals surface area contributed by atoms with E-state index in [0.29, 0.717) is 30.3 Å². The second kappa shape index (κ2) is 12.0. The van der Waals surface area contributed by atoms with E-state index >= 15 is 0 Å². The van der Waals surface area contributed by atoms with Gasteiger partial charge in [0.1, 0.15) is 11.9 Å². The number of aliphatic hydroxyl groups is 1. The maximum atomic E-state index is 12.3. The SMILES string of the molecule is CCC.COc1ccccc1OC1CCN(C(=O)COc2ccc(CO)cc2)C1. The van der Waals surface area contributed by atoms with Crippen molar-refractivity contribution < 1.29 is 24.1 Å². The maximum Gasteiger partial charge on any atom is 0.260 e. The number of ether oxygens (including phenoxy) is 3. The molecule has 1 unspecified atom stereocenters. The minimum atomic E-state index is -0.0673. The lowest BCUT2D eigenvalue weighted by Crippen LogP contribution is -2.34. The summed E-state index contributed by atoms with van der Waals surface area (Å²) >= 11 is 0. The number of likely N-dealkylation sites (tertiary alicyclic amines) is 1. The maximum absolute atomic E-state index is 12.3. The van der Waals surface area contributed by atoms with Crippen molar-refractivity contribution in [3.05, 3.63) is 54.1 Å². The fourth-order valence-electron chi connectivity index (χ4n) is 2.87. The highest BCUT2D eigenvalue weighted by Gasteiger charge is 2.28. The number of methoxy groups -OCH3 is 1. The van der Waals surface area contributed by atoms with Gasteiger partial charge in [0.2, 0.25) is 0 Å². The van der Waals surface area contributed by atoms with Gasteiger partial charge in [-0.15, -0.1) is 0 Å². The zero-order chi connectivity index (χ0) is 21.1. The molecule has 2 aromatic carbocycles. The lowest BCUT2D eigenvalue weighted by atomic mass is 10.2. The number of benzene rings is 2. The van der Waals surface area contributed by atoms with Crippen LogP contribution in [-0.2, 0) is 11.4 Å². The van der Waals surface area contributed by atoms with Crippen LogP contribution < -0.4 is 14.2 Å². The Balaban J connectivity index is 0.000000941. The number of hydrogen-bond acceptors (Lipinski definition) is 5. The molecule has 0 aromatic heterocycles. The lowest BCUT2D eigenvalue weighted by molar-refractivity contribution is -0.132. The van der Waals surface area contributed by atoms with E-state index in [9.17, 15) is 4.79 Å². The highest BCUT2D eigenvalue weighted by Crippen LogP contribution is 2.28. The Labute approximate surface area is 173 Å². The fourth-order valence-corrected chi connectivity index (χ4v) is 2.87. The first-order valence-electron chi connectivity index (χ1n) is 10.0. The number of hydrogen-bond donors (Lipinski definition) is 1. The molecule has 158 valence electrons. The number of carbonyl (C=O) groups excluding carboxylic acids is 1. The number of amides is 1. The van der Waals surface area contributed by atoms with Crippen molar-refractivity contribution in [2.75, 3.05) is 26.8 Å². The van der Waals surface area contributed by atoms with E-state index in [1.165, 1.54) is 6.42 Å². The minimum Gasteiger partial charge on any atom is -0.493 e. The lowest BCUT2D eigenvalue weighted by Gasteiger charge is -2.18. The van der Waals surface area contributed by atoms with Crippen LogP contribution in [0.15, 0.2) is 48.5 Å². The molecule has 6 nitrogen and oxygen atoms in total. The zero-order valence-corrected chi connectivity index (χ0v) is 17.5. The molecule has 1 aliphatic heterocycles. The average molecular weight is 402 g/mol. The molecular formula is C23H31NO5. The number of nitrogens with zero attached hydrogens (tertiary/aromatic N) is 1. The standard InChI is InChI=1S/C20H23NO5.C3H8/c1-24-18-4-2-3-5-19(18)26-17-10-11-21(12-17)20(23)14-25-16-8-6-15(13-22)7-9-16;1-3-2/h2-9,17,22H,10-14H2,1H3;3H2,1-2H3. The molecule has 1 fully saturated rings. The molecule has 0 saturated carbocycles. The summed E-state index contributed by atoms with van der Waals surface area (Å²) in [5.41, 5.74) is 0.805. The van der Waals surface area contributed by atoms with E-state index < -0.39 is 0 Å². The first-order valence-corrected chi connectivity index (χ1v) is 10.0. The van der Waals surface area contributed by atoms with E-state index in [0.717, 1.165) is 12.0 Å². The second-order valence-corrected chi connectivity index (χ2v) is 6.82. The van der Waals surface area contributed by atoms with Crippen molar-refractivity contribution >= 4 is 5.91 Å². The summed E-state index contributed by atoms with van der Waals surface area (Å²) in [4.78, 5) is 14.1. The van der Waals surface area contributed by atoms with Gasteiger partial charge in [0.05, 0.1) is 20.3 Å². The molecule has 3 rings (SSSR count). The van der Waals surface area contributed by atoms with Crippen LogP contribution in [0.4, 0.5) is 0 Å². The van der Waals surface area contributed by atoms with Gasteiger partial charge in [0.15, 0.2) is 18.1 Å². The third-order valence-corrected chi connectivity index (χ3v) is 4.33. The Kier molecular flexibility index (Phi) is 9.31. The smallest absolute Gasteiger partial charge is 0.260 e. The van der Waals surface area contributed by atoms with Crippen LogP contribution in [0.5, 0.6) is 17.2 Å². The predicted molar refractivity (Wildman–Crippen MR) is 112 cm³/mol. The van der Waals surface area contributed by atoms with Gasteiger partial charge in [-0.1, -0.05) is 44.5 Å². The van der Waals surface area contributed by atoms with Gasteiger partial charge < -0.3 is 24.2 Å². The molecular weight excluding hydrogens is 370 g/mol. The van der Waals surface area contributed by atoms with Gasteiger partial charge >= 0.3 is 0 Å². The van der Waals surface area contributed by atoms with Crippen LogP contribution in [0, 0.1) is 0 Å². The topological polar surface area (TPSA) is 68.2 Å². The van der Waals surface area contributed by atoms with E-state index in [1.807, 2.05) is 24.3 Å². The summed E-state index contributed by atoms with van der Waals surface area (Å²) in [6.07, 6.45) is 1.97. The van der Waals surface area contributed by atoms with Crippen LogP contribution >= 0.6 is 0 Å². The van der Waals surface area contributed by atoms with Crippen LogP contribution in [-0.4, -0.2) is 48.8 Å². The van der Waals surface area contributed by atoms with E-state index in [-0.39, 0.29) is 25.2 Å². The third-order valence-electron chi connectivity index (χ3n) is 4.33. The molecule has 0 spiro atoms. The minimum absolute atomic E-state index is 0.0133. The highest BCUT2D eigenvalue weighted by atomic mass is 16.5. The van der Waals surface area contributed by atoms with Gasteiger partial charge in [-0.3, -0.25) is 4.79 Å². The monoisotopic (exact) mass is 401 g/mol. The zero-order valence-electron chi connectivity index (χ0n) is 17.5. The van der Waals surface area contributed by atoms with Gasteiger partial charge in [-0.25, -0.2) is 0 Å². The van der Waals surface area contributed by atoms with E-state index in [1.54, 1.807) is 36.3 Å². The second-order valence-electron chi connectivity index (χ2n) is 6.82. The average Bonchev–Trinajstić information content (AvgIpc) is 3.22. The molecule has 1 amide bonds. The molecule has 0 bridgehead atoms. The van der Waals surface area contributed by atoms with Crippen LogP contribution in [0.1, 0.15) is 32.3 Å². The number of aliphatic hydroxyl groups excluding tert-OH is 1. The molecule has 1 heterocycles. The van der Waals surface area contributed by atoms with Crippen molar-refractivity contribution in [3.8, 4) is 17.2 Å². The summed E-state index contributed by atoms with van der Waals surface area (Å²) in [7, 11) is 1.61. The Morgan fingerprint density at radius 3 is 2.38 bits per heavy atom. The van der Waals surface area contributed by atoms with Crippen molar-refractivity contribution in [1.82, 2.24) is 4.90 Å². The largest absolute Gasteiger partial charge is 0.493 e. The summed E-state index contributed by atoms with van der Waals surface area (Å²) in [6, 6.07) is 14.5. The quantitative estimate of drug-likeness (QED) is 0.767. The molecule has 0 aliphatic carbocycles.